The largest absolute Gasteiger partial charge is 0.465 e. The van der Waals surface area contributed by atoms with Crippen LogP contribution in [0.3, 0.4) is 0 Å². The fourth-order valence-electron chi connectivity index (χ4n) is 5.61. The normalized spacial score (nSPS) is 18.6. The number of carbonyl (C=O) groups is 1. The van der Waals surface area contributed by atoms with Crippen LogP contribution < -0.4 is 10.6 Å². The van der Waals surface area contributed by atoms with Crippen molar-refractivity contribution in [3.8, 4) is 5.69 Å². The SMILES string of the molecule is CC(C)c1nccc(C(C)CCO[Si](C)(C)C(C)(C)C)c1-n1c(=O)nc(N2C[C@@H](C)N(C(=O)O)C[C@@H]2C)c2cc(F)c(Cl)nc21. The highest BCUT2D eigenvalue weighted by atomic mass is 35.5. The molecule has 0 saturated carbocycles. The van der Waals surface area contributed by atoms with Gasteiger partial charge in [-0.1, -0.05) is 53.1 Å². The van der Waals surface area contributed by atoms with Gasteiger partial charge in [-0.3, -0.25) is 4.98 Å². The van der Waals surface area contributed by atoms with E-state index in [0.29, 0.717) is 29.8 Å². The molecule has 0 radical (unpaired) electrons. The van der Waals surface area contributed by atoms with Gasteiger partial charge in [0, 0.05) is 38.0 Å². The number of aromatic nitrogens is 4. The molecule has 0 spiro atoms. The van der Waals surface area contributed by atoms with E-state index in [0.717, 1.165) is 5.56 Å². The lowest BCUT2D eigenvalue weighted by atomic mass is 9.93. The molecule has 3 atom stereocenters. The number of piperazine rings is 1. The molecule has 1 aliphatic rings. The number of amides is 1. The standard InChI is InChI=1S/C32H46ClFN6O4Si/c1-18(2)25-26(22(11-13-35-25)19(3)12-14-44-45(9,10)32(6,7)8)40-29-23(15-24(34)27(33)36-29)28(37-30(40)41)38-16-21(5)39(31(42)43)17-20(38)4/h11,13,15,18-21H,12,14,16-17H2,1-10H3,(H,42,43)/t19?,20-,21+/m0/s1. The third kappa shape index (κ3) is 6.87. The highest BCUT2D eigenvalue weighted by molar-refractivity contribution is 6.74. The summed E-state index contributed by atoms with van der Waals surface area (Å²) >= 11 is 6.26. The van der Waals surface area contributed by atoms with Gasteiger partial charge in [0.05, 0.1) is 16.8 Å². The lowest BCUT2D eigenvalue weighted by Gasteiger charge is -2.43. The Bertz CT molecular complexity index is 1640. The van der Waals surface area contributed by atoms with Gasteiger partial charge in [-0.15, -0.1) is 0 Å². The number of anilines is 1. The van der Waals surface area contributed by atoms with Gasteiger partial charge in [0.15, 0.2) is 24.9 Å². The van der Waals surface area contributed by atoms with Crippen molar-refractivity contribution in [2.45, 2.75) is 104 Å². The highest BCUT2D eigenvalue weighted by Gasteiger charge is 2.37. The molecule has 3 aromatic rings. The molecule has 1 N–H and O–H groups in total. The van der Waals surface area contributed by atoms with Crippen LogP contribution >= 0.6 is 11.6 Å². The Kier molecular flexibility index (Phi) is 10.0. The molecule has 1 saturated heterocycles. The van der Waals surface area contributed by atoms with Crippen molar-refractivity contribution in [2.24, 2.45) is 0 Å². The van der Waals surface area contributed by atoms with E-state index in [1.54, 1.807) is 13.1 Å². The average Bonchev–Trinajstić information content (AvgIpc) is 2.93. The number of nitrogens with zero attached hydrogens (tertiary/aromatic N) is 6. The van der Waals surface area contributed by atoms with Gasteiger partial charge in [0.1, 0.15) is 5.82 Å². The van der Waals surface area contributed by atoms with Crippen LogP contribution in [0, 0.1) is 5.82 Å². The first-order valence-electron chi connectivity index (χ1n) is 15.5. The van der Waals surface area contributed by atoms with Crippen molar-refractivity contribution in [1.29, 1.82) is 0 Å². The maximum Gasteiger partial charge on any atom is 0.407 e. The van der Waals surface area contributed by atoms with Gasteiger partial charge in [0.25, 0.3) is 0 Å². The topological polar surface area (TPSA) is 114 Å². The van der Waals surface area contributed by atoms with Crippen molar-refractivity contribution in [1.82, 2.24) is 24.4 Å². The van der Waals surface area contributed by atoms with E-state index in [1.807, 2.05) is 31.7 Å². The zero-order valence-electron chi connectivity index (χ0n) is 28.0. The average molecular weight is 661 g/mol. The molecule has 13 heteroatoms. The van der Waals surface area contributed by atoms with Crippen LogP contribution in [-0.2, 0) is 4.43 Å². The minimum atomic E-state index is -1.96. The Morgan fingerprint density at radius 1 is 1.18 bits per heavy atom. The Balaban J connectivity index is 1.89. The summed E-state index contributed by atoms with van der Waals surface area (Å²) in [5.41, 5.74) is 1.69. The zero-order chi connectivity index (χ0) is 33.6. The Morgan fingerprint density at radius 2 is 1.84 bits per heavy atom. The molecule has 10 nitrogen and oxygen atoms in total. The number of fused-ring (bicyclic) bond motifs is 1. The van der Waals surface area contributed by atoms with Crippen molar-refractivity contribution < 1.29 is 18.7 Å². The van der Waals surface area contributed by atoms with Crippen molar-refractivity contribution in [2.75, 3.05) is 24.6 Å². The molecule has 45 heavy (non-hydrogen) atoms. The second-order valence-electron chi connectivity index (χ2n) is 14.1. The third-order valence-electron chi connectivity index (χ3n) is 9.37. The number of carboxylic acid groups (broad SMARTS) is 1. The summed E-state index contributed by atoms with van der Waals surface area (Å²) < 4.78 is 23.0. The molecular formula is C32H46ClFN6O4Si. The Morgan fingerprint density at radius 3 is 2.44 bits per heavy atom. The number of halogens is 2. The highest BCUT2D eigenvalue weighted by Crippen LogP contribution is 2.38. The minimum absolute atomic E-state index is 0.0206. The predicted molar refractivity (Wildman–Crippen MR) is 179 cm³/mol. The van der Waals surface area contributed by atoms with Crippen LogP contribution in [0.15, 0.2) is 23.1 Å². The zero-order valence-corrected chi connectivity index (χ0v) is 29.7. The van der Waals surface area contributed by atoms with Gasteiger partial charge in [-0.05, 0) is 67.9 Å². The van der Waals surface area contributed by atoms with Gasteiger partial charge < -0.3 is 19.3 Å². The summed E-state index contributed by atoms with van der Waals surface area (Å²) in [7, 11) is -1.96. The molecule has 4 heterocycles. The number of rotatable bonds is 8. The fraction of sp³-hybridized carbons (Fsp3) is 0.594. The molecule has 3 aromatic heterocycles. The molecule has 1 unspecified atom stereocenters. The fourth-order valence-corrected chi connectivity index (χ4v) is 6.80. The van der Waals surface area contributed by atoms with Gasteiger partial charge in [-0.2, -0.15) is 4.98 Å². The monoisotopic (exact) mass is 660 g/mol. The summed E-state index contributed by atoms with van der Waals surface area (Å²) in [4.78, 5) is 42.8. The third-order valence-corrected chi connectivity index (χ3v) is 14.2. The lowest BCUT2D eigenvalue weighted by Crippen LogP contribution is -2.58. The predicted octanol–water partition coefficient (Wildman–Crippen LogP) is 7.18. The number of pyridine rings is 2. The molecule has 1 amide bonds. The summed E-state index contributed by atoms with van der Waals surface area (Å²) in [6.07, 6.45) is 1.45. The van der Waals surface area contributed by atoms with Gasteiger partial charge in [-0.25, -0.2) is 23.5 Å². The maximum absolute atomic E-state index is 15.1. The van der Waals surface area contributed by atoms with E-state index in [9.17, 15) is 14.7 Å². The van der Waals surface area contributed by atoms with Gasteiger partial charge in [0.2, 0.25) is 0 Å². The van der Waals surface area contributed by atoms with Crippen molar-refractivity contribution in [3.05, 3.63) is 51.0 Å². The van der Waals surface area contributed by atoms with Crippen LogP contribution in [0.2, 0.25) is 23.3 Å². The molecule has 0 bridgehead atoms. The Hall–Kier alpha value is -3.09. The van der Waals surface area contributed by atoms with Crippen LogP contribution in [0.25, 0.3) is 16.7 Å². The van der Waals surface area contributed by atoms with Crippen molar-refractivity contribution >= 4 is 42.9 Å². The number of hydrogen-bond donors (Lipinski definition) is 1. The molecule has 0 aliphatic carbocycles. The van der Waals surface area contributed by atoms with E-state index in [4.69, 9.17) is 16.0 Å². The molecule has 4 rings (SSSR count). The molecular weight excluding hydrogens is 615 g/mol. The van der Waals surface area contributed by atoms with Crippen LogP contribution in [0.4, 0.5) is 15.0 Å². The second kappa shape index (κ2) is 13.0. The summed E-state index contributed by atoms with van der Waals surface area (Å²) in [6, 6.07) is 2.45. The lowest BCUT2D eigenvalue weighted by molar-refractivity contribution is 0.114. The van der Waals surface area contributed by atoms with Gasteiger partial charge >= 0.3 is 11.8 Å². The van der Waals surface area contributed by atoms with E-state index in [1.165, 1.54) is 15.5 Å². The van der Waals surface area contributed by atoms with Crippen LogP contribution in [0.5, 0.6) is 0 Å². The van der Waals surface area contributed by atoms with E-state index in [-0.39, 0.29) is 58.7 Å². The molecule has 1 aliphatic heterocycles. The maximum atomic E-state index is 15.1. The molecule has 0 aromatic carbocycles. The molecule has 246 valence electrons. The first kappa shape index (κ1) is 34.8. The summed E-state index contributed by atoms with van der Waals surface area (Å²) in [6.45, 7) is 21.9. The van der Waals surface area contributed by atoms with Crippen molar-refractivity contribution in [3.63, 3.8) is 0 Å². The van der Waals surface area contributed by atoms with Crippen LogP contribution in [0.1, 0.15) is 84.9 Å². The second-order valence-corrected chi connectivity index (χ2v) is 19.2. The summed E-state index contributed by atoms with van der Waals surface area (Å²) in [5.74, 6) is -0.578. The van der Waals surface area contributed by atoms with E-state index >= 15 is 4.39 Å². The minimum Gasteiger partial charge on any atom is -0.465 e. The molecule has 1 fully saturated rings. The first-order chi connectivity index (χ1) is 20.9. The number of hydrogen-bond acceptors (Lipinski definition) is 7. The van der Waals surface area contributed by atoms with E-state index < -0.39 is 25.9 Å². The van der Waals surface area contributed by atoms with E-state index in [2.05, 4.69) is 55.7 Å². The Labute approximate surface area is 270 Å². The first-order valence-corrected chi connectivity index (χ1v) is 18.8. The van der Waals surface area contributed by atoms with Crippen LogP contribution in [-0.4, -0.2) is 75.7 Å². The quantitative estimate of drug-likeness (QED) is 0.200. The summed E-state index contributed by atoms with van der Waals surface area (Å²) in [5, 5.41) is 9.67. The smallest absolute Gasteiger partial charge is 0.407 e.